The van der Waals surface area contributed by atoms with E-state index in [1.165, 1.54) is 11.3 Å². The van der Waals surface area contributed by atoms with Crippen LogP contribution in [0.1, 0.15) is 32.0 Å². The lowest BCUT2D eigenvalue weighted by atomic mass is 10.1. The number of nitrogens with zero attached hydrogens (tertiary/aromatic N) is 2. The van der Waals surface area contributed by atoms with Crippen molar-refractivity contribution in [3.63, 3.8) is 0 Å². The Bertz CT molecular complexity index is 800. The molecular formula is C21H26N4O2S. The van der Waals surface area contributed by atoms with Crippen LogP contribution >= 0.6 is 11.3 Å². The lowest BCUT2D eigenvalue weighted by Gasteiger charge is -2.32. The molecule has 2 aliphatic rings. The molecule has 2 fully saturated rings. The molecule has 2 aliphatic heterocycles. The van der Waals surface area contributed by atoms with E-state index in [4.69, 9.17) is 0 Å². The first-order valence-electron chi connectivity index (χ1n) is 9.85. The maximum absolute atomic E-state index is 12.8. The van der Waals surface area contributed by atoms with Crippen molar-refractivity contribution >= 4 is 23.2 Å². The minimum absolute atomic E-state index is 0.0637. The number of hydrogen-bond acceptors (Lipinski definition) is 5. The molecule has 0 bridgehead atoms. The maximum Gasteiger partial charge on any atom is 0.261 e. The highest BCUT2D eigenvalue weighted by Crippen LogP contribution is 2.19. The van der Waals surface area contributed by atoms with Crippen LogP contribution in [0.3, 0.4) is 0 Å². The largest absolute Gasteiger partial charge is 0.347 e. The number of hydrogen-bond donors (Lipinski definition) is 2. The second-order valence-electron chi connectivity index (χ2n) is 7.34. The molecule has 1 aromatic heterocycles. The summed E-state index contributed by atoms with van der Waals surface area (Å²) in [6.07, 6.45) is 1.05. The highest BCUT2D eigenvalue weighted by molar-refractivity contribution is 7.12. The molecule has 0 spiro atoms. The van der Waals surface area contributed by atoms with Gasteiger partial charge in [0.05, 0.1) is 4.88 Å². The third-order valence-electron chi connectivity index (χ3n) is 5.52. The third kappa shape index (κ3) is 4.43. The molecule has 2 aromatic rings. The Labute approximate surface area is 169 Å². The van der Waals surface area contributed by atoms with Crippen LogP contribution in [-0.4, -0.2) is 66.9 Å². The summed E-state index contributed by atoms with van der Waals surface area (Å²) in [5, 5.41) is 8.18. The van der Waals surface area contributed by atoms with E-state index in [2.05, 4.69) is 15.5 Å². The van der Waals surface area contributed by atoms with Gasteiger partial charge in [-0.3, -0.25) is 14.5 Å². The van der Waals surface area contributed by atoms with E-state index in [1.54, 1.807) is 0 Å². The van der Waals surface area contributed by atoms with Crippen LogP contribution in [0.5, 0.6) is 0 Å². The molecule has 0 radical (unpaired) electrons. The minimum Gasteiger partial charge on any atom is -0.347 e. The minimum atomic E-state index is -0.0637. The van der Waals surface area contributed by atoms with E-state index in [-0.39, 0.29) is 11.8 Å². The van der Waals surface area contributed by atoms with Gasteiger partial charge in [0.15, 0.2) is 0 Å². The summed E-state index contributed by atoms with van der Waals surface area (Å²) in [6, 6.07) is 11.7. The van der Waals surface area contributed by atoms with Crippen LogP contribution in [0.15, 0.2) is 41.8 Å². The van der Waals surface area contributed by atoms with Crippen LogP contribution < -0.4 is 10.6 Å². The molecule has 1 atom stereocenters. The number of rotatable bonds is 5. The summed E-state index contributed by atoms with van der Waals surface area (Å²) in [7, 11) is 0. The predicted molar refractivity (Wildman–Crippen MR) is 111 cm³/mol. The lowest BCUT2D eigenvalue weighted by Crippen LogP contribution is -2.49. The van der Waals surface area contributed by atoms with Crippen LogP contribution in [0.2, 0.25) is 0 Å². The number of likely N-dealkylation sites (tertiary alicyclic amines) is 1. The summed E-state index contributed by atoms with van der Waals surface area (Å²) < 4.78 is 0. The van der Waals surface area contributed by atoms with E-state index < -0.39 is 0 Å². The SMILES string of the molecule is O=C(NCc1ccc(C(=O)N2CCC(N3CCNCC3)C2)cc1)c1cccs1. The quantitative estimate of drug-likeness (QED) is 0.806. The Morgan fingerprint density at radius 2 is 1.89 bits per heavy atom. The molecule has 1 aromatic carbocycles. The van der Waals surface area contributed by atoms with Crippen molar-refractivity contribution in [2.45, 2.75) is 19.0 Å². The van der Waals surface area contributed by atoms with Gasteiger partial charge in [-0.1, -0.05) is 18.2 Å². The summed E-state index contributed by atoms with van der Waals surface area (Å²) in [5.41, 5.74) is 1.70. The Kier molecular flexibility index (Phi) is 6.04. The van der Waals surface area contributed by atoms with Crippen molar-refractivity contribution in [2.75, 3.05) is 39.3 Å². The van der Waals surface area contributed by atoms with Crippen molar-refractivity contribution in [1.82, 2.24) is 20.4 Å². The number of thiophene rings is 1. The first-order chi connectivity index (χ1) is 13.7. The molecule has 7 heteroatoms. The third-order valence-corrected chi connectivity index (χ3v) is 6.39. The molecule has 0 saturated carbocycles. The Morgan fingerprint density at radius 1 is 1.11 bits per heavy atom. The average molecular weight is 399 g/mol. The molecule has 3 heterocycles. The van der Waals surface area contributed by atoms with E-state index in [0.29, 0.717) is 23.0 Å². The zero-order valence-corrected chi connectivity index (χ0v) is 16.7. The van der Waals surface area contributed by atoms with Gasteiger partial charge in [-0.05, 0) is 35.6 Å². The number of amides is 2. The van der Waals surface area contributed by atoms with Crippen molar-refractivity contribution in [3.05, 3.63) is 57.8 Å². The fourth-order valence-corrected chi connectivity index (χ4v) is 4.54. The number of carbonyl (C=O) groups is 2. The van der Waals surface area contributed by atoms with Gasteiger partial charge >= 0.3 is 0 Å². The highest BCUT2D eigenvalue weighted by atomic mass is 32.1. The number of piperazine rings is 1. The smallest absolute Gasteiger partial charge is 0.261 e. The zero-order valence-electron chi connectivity index (χ0n) is 15.9. The average Bonchev–Trinajstić information content (AvgIpc) is 3.45. The topological polar surface area (TPSA) is 64.7 Å². The molecule has 6 nitrogen and oxygen atoms in total. The first kappa shape index (κ1) is 19.1. The van der Waals surface area contributed by atoms with Crippen LogP contribution in [0, 0.1) is 0 Å². The molecule has 148 valence electrons. The van der Waals surface area contributed by atoms with Gasteiger partial charge in [0.1, 0.15) is 0 Å². The number of benzene rings is 1. The van der Waals surface area contributed by atoms with Crippen LogP contribution in [0.25, 0.3) is 0 Å². The van der Waals surface area contributed by atoms with E-state index in [0.717, 1.165) is 51.3 Å². The summed E-state index contributed by atoms with van der Waals surface area (Å²) in [5.74, 6) is 0.0398. The Hall–Kier alpha value is -2.22. The normalized spacial score (nSPS) is 20.3. The van der Waals surface area contributed by atoms with Gasteiger partial charge in [-0.2, -0.15) is 0 Å². The molecule has 28 heavy (non-hydrogen) atoms. The number of nitrogens with one attached hydrogen (secondary N) is 2. The van der Waals surface area contributed by atoms with Gasteiger partial charge in [0.2, 0.25) is 0 Å². The van der Waals surface area contributed by atoms with Gasteiger partial charge in [-0.15, -0.1) is 11.3 Å². The Morgan fingerprint density at radius 3 is 2.61 bits per heavy atom. The van der Waals surface area contributed by atoms with Crippen LogP contribution in [-0.2, 0) is 6.54 Å². The molecular weight excluding hydrogens is 372 g/mol. The van der Waals surface area contributed by atoms with Crippen molar-refractivity contribution in [3.8, 4) is 0 Å². The fraction of sp³-hybridized carbons (Fsp3) is 0.429. The maximum atomic E-state index is 12.8. The van der Waals surface area contributed by atoms with Gasteiger partial charge < -0.3 is 15.5 Å². The summed E-state index contributed by atoms with van der Waals surface area (Å²) >= 11 is 1.43. The highest BCUT2D eigenvalue weighted by Gasteiger charge is 2.31. The predicted octanol–water partition coefficient (Wildman–Crippen LogP) is 1.80. The molecule has 1 unspecified atom stereocenters. The fourth-order valence-electron chi connectivity index (χ4n) is 3.90. The van der Waals surface area contributed by atoms with Gasteiger partial charge in [0, 0.05) is 57.4 Å². The number of carbonyl (C=O) groups excluding carboxylic acids is 2. The molecule has 2 saturated heterocycles. The van der Waals surface area contributed by atoms with Crippen molar-refractivity contribution in [1.29, 1.82) is 0 Å². The second kappa shape index (κ2) is 8.86. The van der Waals surface area contributed by atoms with Crippen LogP contribution in [0.4, 0.5) is 0 Å². The van der Waals surface area contributed by atoms with E-state index >= 15 is 0 Å². The lowest BCUT2D eigenvalue weighted by molar-refractivity contribution is 0.0773. The second-order valence-corrected chi connectivity index (χ2v) is 8.28. The van der Waals surface area contributed by atoms with Crippen molar-refractivity contribution in [2.24, 2.45) is 0 Å². The van der Waals surface area contributed by atoms with E-state index in [9.17, 15) is 9.59 Å². The zero-order chi connectivity index (χ0) is 19.3. The van der Waals surface area contributed by atoms with Gasteiger partial charge in [0.25, 0.3) is 11.8 Å². The van der Waals surface area contributed by atoms with Gasteiger partial charge in [-0.25, -0.2) is 0 Å². The van der Waals surface area contributed by atoms with Crippen molar-refractivity contribution < 1.29 is 9.59 Å². The molecule has 4 rings (SSSR count). The Balaban J connectivity index is 1.29. The summed E-state index contributed by atoms with van der Waals surface area (Å²) in [6.45, 7) is 6.31. The molecule has 0 aliphatic carbocycles. The molecule has 2 amide bonds. The first-order valence-corrected chi connectivity index (χ1v) is 10.7. The monoisotopic (exact) mass is 398 g/mol. The molecule has 2 N–H and O–H groups in total. The van der Waals surface area contributed by atoms with E-state index in [1.807, 2.05) is 46.7 Å². The standard InChI is InChI=1S/C21H26N4O2S/c26-20(19-2-1-13-28-19)23-14-16-3-5-17(6-4-16)21(27)25-10-7-18(15-25)24-11-8-22-9-12-24/h1-6,13,18,22H,7-12,14-15H2,(H,23,26). The summed E-state index contributed by atoms with van der Waals surface area (Å²) in [4.78, 5) is 30.0.